The molecule has 0 atom stereocenters. The molecule has 3 nitrogen and oxygen atoms in total. The van der Waals surface area contributed by atoms with Gasteiger partial charge in [-0.3, -0.25) is 4.79 Å². The lowest BCUT2D eigenvalue weighted by Crippen LogP contribution is -2.09. The zero-order valence-electron chi connectivity index (χ0n) is 17.7. The highest BCUT2D eigenvalue weighted by atomic mass is 16.5. The van der Waals surface area contributed by atoms with E-state index >= 15 is 0 Å². The summed E-state index contributed by atoms with van der Waals surface area (Å²) in [5, 5.41) is 0. The van der Waals surface area contributed by atoms with Crippen LogP contribution in [-0.4, -0.2) is 11.8 Å². The molecule has 0 bridgehead atoms. The van der Waals surface area contributed by atoms with Gasteiger partial charge in [0.15, 0.2) is 5.78 Å². The molecule has 0 aromatic heterocycles. The van der Waals surface area contributed by atoms with Crippen LogP contribution in [0.3, 0.4) is 0 Å². The quantitative estimate of drug-likeness (QED) is 0.150. The van der Waals surface area contributed by atoms with E-state index in [0.29, 0.717) is 22.4 Å². The third-order valence-corrected chi connectivity index (χ3v) is 5.10. The molecule has 0 heterocycles. The minimum absolute atomic E-state index is 0.121. The summed E-state index contributed by atoms with van der Waals surface area (Å²) in [6.07, 6.45) is 3.17. The van der Waals surface area contributed by atoms with Crippen LogP contribution in [0.15, 0.2) is 109 Å². The van der Waals surface area contributed by atoms with Crippen molar-refractivity contribution < 1.29 is 14.3 Å². The smallest absolute Gasteiger partial charge is 0.343 e. The average Bonchev–Trinajstić information content (AvgIpc) is 2.84. The Morgan fingerprint density at radius 2 is 1.25 bits per heavy atom. The average molecular weight is 418 g/mol. The summed E-state index contributed by atoms with van der Waals surface area (Å²) in [5.41, 5.74) is 4.95. The van der Waals surface area contributed by atoms with Crippen LogP contribution >= 0.6 is 0 Å². The Morgan fingerprint density at radius 3 is 1.97 bits per heavy atom. The van der Waals surface area contributed by atoms with Gasteiger partial charge in [-0.05, 0) is 48.4 Å². The first-order valence-electron chi connectivity index (χ1n) is 10.4. The summed E-state index contributed by atoms with van der Waals surface area (Å²) < 4.78 is 5.57. The van der Waals surface area contributed by atoms with Crippen molar-refractivity contribution in [3.8, 4) is 16.9 Å². The molecule has 0 aliphatic heterocycles. The van der Waals surface area contributed by atoms with E-state index in [4.69, 9.17) is 4.74 Å². The van der Waals surface area contributed by atoms with Crippen molar-refractivity contribution in [2.45, 2.75) is 6.92 Å². The summed E-state index contributed by atoms with van der Waals surface area (Å²) in [4.78, 5) is 25.1. The van der Waals surface area contributed by atoms with Gasteiger partial charge in [-0.1, -0.05) is 90.5 Å². The first-order chi connectivity index (χ1) is 15.6. The molecule has 0 N–H and O–H groups in total. The Kier molecular flexibility index (Phi) is 6.38. The summed E-state index contributed by atoms with van der Waals surface area (Å²) in [7, 11) is 0. The van der Waals surface area contributed by atoms with E-state index in [1.54, 1.807) is 36.4 Å². The summed E-state index contributed by atoms with van der Waals surface area (Å²) in [6.45, 7) is 1.96. The minimum atomic E-state index is -0.436. The number of hydrogen-bond acceptors (Lipinski definition) is 3. The van der Waals surface area contributed by atoms with Crippen LogP contribution < -0.4 is 4.74 Å². The van der Waals surface area contributed by atoms with E-state index in [1.807, 2.05) is 79.7 Å². The molecule has 4 aromatic carbocycles. The first-order valence-corrected chi connectivity index (χ1v) is 10.4. The number of carbonyl (C=O) groups excluding carboxylic acids is 2. The van der Waals surface area contributed by atoms with Crippen molar-refractivity contribution in [3.63, 3.8) is 0 Å². The number of benzene rings is 4. The highest BCUT2D eigenvalue weighted by Gasteiger charge is 2.11. The number of ketones is 1. The van der Waals surface area contributed by atoms with Crippen LogP contribution in [0.2, 0.25) is 0 Å². The summed E-state index contributed by atoms with van der Waals surface area (Å²) in [5.74, 6) is -0.153. The normalized spacial score (nSPS) is 10.8. The number of aryl methyl sites for hydroxylation is 1. The zero-order valence-corrected chi connectivity index (χ0v) is 17.7. The summed E-state index contributed by atoms with van der Waals surface area (Å²) in [6, 6.07) is 31.9. The fourth-order valence-electron chi connectivity index (χ4n) is 3.28. The number of carbonyl (C=O) groups is 2. The molecule has 32 heavy (non-hydrogen) atoms. The van der Waals surface area contributed by atoms with E-state index in [2.05, 4.69) is 0 Å². The van der Waals surface area contributed by atoms with Crippen LogP contribution in [0, 0.1) is 6.92 Å². The van der Waals surface area contributed by atoms with Gasteiger partial charge >= 0.3 is 5.97 Å². The molecule has 0 unspecified atom stereocenters. The van der Waals surface area contributed by atoms with Crippen LogP contribution in [0.1, 0.15) is 31.8 Å². The molecule has 0 aliphatic carbocycles. The third-order valence-electron chi connectivity index (χ3n) is 5.10. The van der Waals surface area contributed by atoms with Crippen molar-refractivity contribution >= 4 is 17.8 Å². The molecule has 156 valence electrons. The predicted molar refractivity (Wildman–Crippen MR) is 128 cm³/mol. The molecule has 4 aromatic rings. The molecular formula is C29H22O3. The second kappa shape index (κ2) is 9.71. The molecule has 0 radical (unpaired) electrons. The van der Waals surface area contributed by atoms with Crippen molar-refractivity contribution in [1.29, 1.82) is 0 Å². The molecule has 0 saturated carbocycles. The molecular weight excluding hydrogens is 396 g/mol. The molecule has 0 amide bonds. The van der Waals surface area contributed by atoms with Crippen LogP contribution in [0.25, 0.3) is 17.2 Å². The Hall–Kier alpha value is -4.24. The van der Waals surface area contributed by atoms with Gasteiger partial charge in [0.25, 0.3) is 0 Å². The lowest BCUT2D eigenvalue weighted by Gasteiger charge is -2.08. The second-order valence-corrected chi connectivity index (χ2v) is 7.43. The SMILES string of the molecule is Cc1ccc(C(=O)Oc2ccccc2C=CC(=O)c2ccc(-c3ccccc3)cc2)cc1. The maximum Gasteiger partial charge on any atom is 0.343 e. The highest BCUT2D eigenvalue weighted by molar-refractivity contribution is 6.07. The van der Waals surface area contributed by atoms with Gasteiger partial charge in [0.1, 0.15) is 5.75 Å². The van der Waals surface area contributed by atoms with Crippen molar-refractivity contribution in [2.24, 2.45) is 0 Å². The van der Waals surface area contributed by atoms with E-state index in [-0.39, 0.29) is 5.78 Å². The van der Waals surface area contributed by atoms with Crippen molar-refractivity contribution in [1.82, 2.24) is 0 Å². The minimum Gasteiger partial charge on any atom is -0.422 e. The lowest BCUT2D eigenvalue weighted by atomic mass is 10.0. The topological polar surface area (TPSA) is 43.4 Å². The summed E-state index contributed by atoms with van der Waals surface area (Å²) >= 11 is 0. The fraction of sp³-hybridized carbons (Fsp3) is 0.0345. The van der Waals surface area contributed by atoms with Gasteiger partial charge in [-0.15, -0.1) is 0 Å². The predicted octanol–water partition coefficient (Wildman–Crippen LogP) is 6.78. The van der Waals surface area contributed by atoms with E-state index in [9.17, 15) is 9.59 Å². The first kappa shape index (κ1) is 21.0. The van der Waals surface area contributed by atoms with Crippen LogP contribution in [0.4, 0.5) is 0 Å². The van der Waals surface area contributed by atoms with Gasteiger partial charge in [0, 0.05) is 11.1 Å². The second-order valence-electron chi connectivity index (χ2n) is 7.43. The van der Waals surface area contributed by atoms with Crippen LogP contribution in [0.5, 0.6) is 5.75 Å². The Bertz CT molecular complexity index is 1250. The monoisotopic (exact) mass is 418 g/mol. The molecule has 3 heteroatoms. The number of para-hydroxylation sites is 1. The van der Waals surface area contributed by atoms with Crippen molar-refractivity contribution in [3.05, 3.63) is 131 Å². The van der Waals surface area contributed by atoms with Gasteiger partial charge in [-0.25, -0.2) is 4.79 Å². The number of rotatable bonds is 6. The van der Waals surface area contributed by atoms with Crippen LogP contribution in [-0.2, 0) is 0 Å². The molecule has 0 saturated heterocycles. The highest BCUT2D eigenvalue weighted by Crippen LogP contribution is 2.22. The zero-order chi connectivity index (χ0) is 22.3. The fourth-order valence-corrected chi connectivity index (χ4v) is 3.28. The Balaban J connectivity index is 1.48. The van der Waals surface area contributed by atoms with Gasteiger partial charge < -0.3 is 4.74 Å². The maximum absolute atomic E-state index is 12.7. The number of esters is 1. The van der Waals surface area contributed by atoms with Gasteiger partial charge in [0.2, 0.25) is 0 Å². The lowest BCUT2D eigenvalue weighted by molar-refractivity contribution is 0.0734. The molecule has 0 spiro atoms. The van der Waals surface area contributed by atoms with E-state index in [0.717, 1.165) is 16.7 Å². The number of allylic oxidation sites excluding steroid dienone is 1. The number of hydrogen-bond donors (Lipinski definition) is 0. The van der Waals surface area contributed by atoms with Gasteiger partial charge in [0.05, 0.1) is 5.56 Å². The Labute approximate surface area is 187 Å². The molecule has 4 rings (SSSR count). The molecule has 0 aliphatic rings. The van der Waals surface area contributed by atoms with Gasteiger partial charge in [-0.2, -0.15) is 0 Å². The largest absolute Gasteiger partial charge is 0.422 e. The third kappa shape index (κ3) is 5.08. The Morgan fingerprint density at radius 1 is 0.656 bits per heavy atom. The van der Waals surface area contributed by atoms with E-state index in [1.165, 1.54) is 6.08 Å². The maximum atomic E-state index is 12.7. The van der Waals surface area contributed by atoms with E-state index < -0.39 is 5.97 Å². The van der Waals surface area contributed by atoms with Crippen molar-refractivity contribution in [2.75, 3.05) is 0 Å². The standard InChI is InChI=1S/C29H22O3/c1-21-11-13-26(14-12-21)29(31)32-28-10-6-5-9-25(28)19-20-27(30)24-17-15-23(16-18-24)22-7-3-2-4-8-22/h2-20H,1H3. The number of ether oxygens (including phenoxy) is 1. The molecule has 0 fully saturated rings.